The maximum absolute atomic E-state index is 13.4. The first-order chi connectivity index (χ1) is 11.5. The molecule has 1 saturated heterocycles. The van der Waals surface area contributed by atoms with E-state index in [1.54, 1.807) is 6.08 Å². The van der Waals surface area contributed by atoms with Crippen molar-refractivity contribution < 1.29 is 14.2 Å². The molecule has 0 saturated carbocycles. The Morgan fingerprint density at radius 2 is 2.08 bits per heavy atom. The number of phenolic OH excluding ortho intramolecular Hbond substituents is 1. The molecule has 1 aliphatic heterocycles. The lowest BCUT2D eigenvalue weighted by Gasteiger charge is -2.21. The molecule has 5 nitrogen and oxygen atoms in total. The average molecular weight is 331 g/mol. The lowest BCUT2D eigenvalue weighted by Crippen LogP contribution is -2.15. The van der Waals surface area contributed by atoms with Crippen LogP contribution in [0.25, 0.3) is 11.8 Å². The molecule has 1 aromatic heterocycles. The van der Waals surface area contributed by atoms with Crippen LogP contribution < -0.4 is 11.5 Å². The van der Waals surface area contributed by atoms with Gasteiger partial charge in [0.15, 0.2) is 0 Å². The van der Waals surface area contributed by atoms with Gasteiger partial charge in [0.25, 0.3) is 0 Å². The zero-order chi connectivity index (χ0) is 17.3. The first-order valence-corrected chi connectivity index (χ1v) is 7.99. The lowest BCUT2D eigenvalue weighted by molar-refractivity contribution is 0.0845. The minimum atomic E-state index is -0.458. The van der Waals surface area contributed by atoms with Crippen LogP contribution in [0.15, 0.2) is 18.2 Å². The van der Waals surface area contributed by atoms with Gasteiger partial charge in [0, 0.05) is 41.6 Å². The van der Waals surface area contributed by atoms with Gasteiger partial charge in [0.2, 0.25) is 0 Å². The fourth-order valence-corrected chi connectivity index (χ4v) is 3.21. The van der Waals surface area contributed by atoms with Crippen LogP contribution in [0.5, 0.6) is 5.75 Å². The number of aromatic hydroxyl groups is 1. The van der Waals surface area contributed by atoms with Crippen molar-refractivity contribution in [3.63, 3.8) is 0 Å². The summed E-state index contributed by atoms with van der Waals surface area (Å²) in [5.41, 5.74) is 15.6. The Labute approximate surface area is 140 Å². The highest BCUT2D eigenvalue weighted by atomic mass is 19.1. The number of halogens is 1. The van der Waals surface area contributed by atoms with Gasteiger partial charge in [-0.2, -0.15) is 0 Å². The molecule has 2 heterocycles. The highest BCUT2D eigenvalue weighted by Crippen LogP contribution is 2.34. The van der Waals surface area contributed by atoms with Crippen LogP contribution in [-0.2, 0) is 4.74 Å². The number of anilines is 1. The molecule has 0 radical (unpaired) electrons. The Hall–Kier alpha value is -2.47. The molecule has 24 heavy (non-hydrogen) atoms. The maximum Gasteiger partial charge on any atom is 0.125 e. The molecule has 6 N–H and O–H groups in total. The predicted octanol–water partition coefficient (Wildman–Crippen LogP) is 3.10. The second kappa shape index (κ2) is 6.57. The van der Waals surface area contributed by atoms with Gasteiger partial charge in [-0.05, 0) is 49.6 Å². The number of aromatic nitrogens is 1. The van der Waals surface area contributed by atoms with E-state index in [9.17, 15) is 9.50 Å². The minimum Gasteiger partial charge on any atom is -0.507 e. The smallest absolute Gasteiger partial charge is 0.125 e. The molecule has 0 atom stereocenters. The predicted molar refractivity (Wildman–Crippen MR) is 92.9 cm³/mol. The van der Waals surface area contributed by atoms with Crippen molar-refractivity contribution in [2.45, 2.75) is 25.7 Å². The van der Waals surface area contributed by atoms with Crippen LogP contribution in [0.1, 0.15) is 41.1 Å². The number of nitrogen functional groups attached to an aromatic ring is 1. The van der Waals surface area contributed by atoms with Crippen molar-refractivity contribution in [1.29, 1.82) is 0 Å². The topological polar surface area (TPSA) is 97.3 Å². The van der Waals surface area contributed by atoms with E-state index in [1.807, 2.05) is 6.92 Å². The second-order valence-corrected chi connectivity index (χ2v) is 6.14. The van der Waals surface area contributed by atoms with E-state index in [2.05, 4.69) is 4.98 Å². The number of nitrogens with two attached hydrogens (primary N) is 2. The van der Waals surface area contributed by atoms with E-state index in [0.717, 1.165) is 42.9 Å². The van der Waals surface area contributed by atoms with Crippen molar-refractivity contribution in [2.24, 2.45) is 5.73 Å². The first-order valence-electron chi connectivity index (χ1n) is 7.99. The molecule has 0 amide bonds. The number of nitrogens with one attached hydrogen (secondary N) is 1. The van der Waals surface area contributed by atoms with Crippen LogP contribution in [0.4, 0.5) is 10.2 Å². The Bertz CT molecular complexity index is 777. The molecule has 1 aromatic carbocycles. The Balaban J connectivity index is 1.97. The Morgan fingerprint density at radius 1 is 1.38 bits per heavy atom. The van der Waals surface area contributed by atoms with E-state index in [-0.39, 0.29) is 17.0 Å². The van der Waals surface area contributed by atoms with Crippen molar-refractivity contribution in [3.8, 4) is 5.75 Å². The zero-order valence-corrected chi connectivity index (χ0v) is 13.6. The third-order valence-electron chi connectivity index (χ3n) is 4.57. The molecule has 128 valence electrons. The van der Waals surface area contributed by atoms with Crippen molar-refractivity contribution in [1.82, 2.24) is 4.98 Å². The van der Waals surface area contributed by atoms with Crippen molar-refractivity contribution >= 4 is 17.6 Å². The van der Waals surface area contributed by atoms with E-state index in [0.29, 0.717) is 11.7 Å². The maximum atomic E-state index is 13.4. The number of rotatable bonds is 3. The van der Waals surface area contributed by atoms with Gasteiger partial charge in [0.1, 0.15) is 17.4 Å². The third-order valence-corrected chi connectivity index (χ3v) is 4.57. The molecule has 0 spiro atoms. The van der Waals surface area contributed by atoms with Gasteiger partial charge in [-0.25, -0.2) is 4.39 Å². The van der Waals surface area contributed by atoms with Crippen LogP contribution in [0, 0.1) is 12.7 Å². The normalized spacial score (nSPS) is 16.5. The third kappa shape index (κ3) is 3.10. The number of hydrogen-bond acceptors (Lipinski definition) is 4. The van der Waals surface area contributed by atoms with Gasteiger partial charge in [-0.1, -0.05) is 0 Å². The van der Waals surface area contributed by atoms with Gasteiger partial charge < -0.3 is 26.3 Å². The molecule has 3 rings (SSSR count). The number of ether oxygens (including phenoxy) is 1. The summed E-state index contributed by atoms with van der Waals surface area (Å²) in [6, 6.07) is 3.68. The Kier molecular flexibility index (Phi) is 4.49. The molecular formula is C18H22FN3O2. The van der Waals surface area contributed by atoms with Crippen LogP contribution in [0.2, 0.25) is 0 Å². The molecule has 6 heteroatoms. The minimum absolute atomic E-state index is 0.0680. The summed E-state index contributed by atoms with van der Waals surface area (Å²) in [5.74, 6) is 0.377. The van der Waals surface area contributed by atoms with E-state index in [1.165, 1.54) is 18.2 Å². The van der Waals surface area contributed by atoms with Crippen molar-refractivity contribution in [3.05, 3.63) is 46.4 Å². The summed E-state index contributed by atoms with van der Waals surface area (Å²) in [4.78, 5) is 3.25. The zero-order valence-electron chi connectivity index (χ0n) is 13.6. The fourth-order valence-electron chi connectivity index (χ4n) is 3.21. The molecule has 1 fully saturated rings. The number of benzene rings is 1. The Morgan fingerprint density at radius 3 is 2.79 bits per heavy atom. The summed E-state index contributed by atoms with van der Waals surface area (Å²) >= 11 is 0. The van der Waals surface area contributed by atoms with Crippen LogP contribution in [0.3, 0.4) is 0 Å². The first kappa shape index (κ1) is 16.4. The molecule has 0 unspecified atom stereocenters. The number of aromatic amines is 1. The summed E-state index contributed by atoms with van der Waals surface area (Å²) in [7, 11) is 0. The quantitative estimate of drug-likeness (QED) is 0.695. The number of hydrogen-bond donors (Lipinski definition) is 4. The second-order valence-electron chi connectivity index (χ2n) is 6.14. The number of H-pyrrole nitrogens is 1. The van der Waals surface area contributed by atoms with Gasteiger partial charge in [-0.15, -0.1) is 0 Å². The molecule has 2 aromatic rings. The molecule has 1 aliphatic rings. The van der Waals surface area contributed by atoms with Gasteiger partial charge >= 0.3 is 0 Å². The van der Waals surface area contributed by atoms with Gasteiger partial charge in [0.05, 0.1) is 0 Å². The summed E-state index contributed by atoms with van der Waals surface area (Å²) in [6.07, 6.45) is 3.58. The summed E-state index contributed by atoms with van der Waals surface area (Å²) < 4.78 is 18.8. The summed E-state index contributed by atoms with van der Waals surface area (Å²) in [6.45, 7) is 3.48. The highest BCUT2D eigenvalue weighted by Gasteiger charge is 2.22. The van der Waals surface area contributed by atoms with E-state index < -0.39 is 5.82 Å². The number of phenols is 1. The molecule has 0 bridgehead atoms. The summed E-state index contributed by atoms with van der Waals surface area (Å²) in [5, 5.41) is 9.89. The van der Waals surface area contributed by atoms with E-state index in [4.69, 9.17) is 16.2 Å². The fraction of sp³-hybridized carbons (Fsp3) is 0.333. The largest absolute Gasteiger partial charge is 0.507 e. The highest BCUT2D eigenvalue weighted by molar-refractivity contribution is 5.85. The lowest BCUT2D eigenvalue weighted by atomic mass is 9.93. The van der Waals surface area contributed by atoms with Crippen LogP contribution in [-0.4, -0.2) is 23.3 Å². The van der Waals surface area contributed by atoms with Crippen molar-refractivity contribution in [2.75, 3.05) is 18.9 Å². The molecule has 0 aliphatic carbocycles. The SMILES string of the molecule is Cc1c(C2CCOCC2)[nH]c(N)c1/C=C(\N)c1cc(F)ccc1O. The average Bonchev–Trinajstić information content (AvgIpc) is 2.86. The monoisotopic (exact) mass is 331 g/mol. The molecular weight excluding hydrogens is 309 g/mol. The van der Waals surface area contributed by atoms with Gasteiger partial charge in [-0.3, -0.25) is 0 Å². The van der Waals surface area contributed by atoms with E-state index >= 15 is 0 Å². The standard InChI is InChI=1S/C18H22FN3O2/c1-10-13(9-15(20)14-8-12(19)2-3-16(14)23)18(21)22-17(10)11-4-6-24-7-5-11/h2-3,8-9,11,22-23H,4-7,20-21H2,1H3/b15-9-. The van der Waals surface area contributed by atoms with Crippen LogP contribution >= 0.6 is 0 Å².